The number of hydrogen-bond acceptors (Lipinski definition) is 2. The van der Waals surface area contributed by atoms with Crippen molar-refractivity contribution in [2.45, 2.75) is 71.8 Å². The molecule has 5 heteroatoms. The summed E-state index contributed by atoms with van der Waals surface area (Å²) in [6.45, 7) is 10.6. The van der Waals surface area contributed by atoms with Crippen molar-refractivity contribution < 1.29 is 9.59 Å². The molecule has 0 bridgehead atoms. The SMILES string of the molecule is CCCCN(C(=O)C1CCN(C(=O)N2CCCC2)CC1)C(C)CC. The van der Waals surface area contributed by atoms with Crippen molar-refractivity contribution in [1.29, 1.82) is 0 Å². The molecule has 24 heavy (non-hydrogen) atoms. The van der Waals surface area contributed by atoms with Gasteiger partial charge in [-0.2, -0.15) is 0 Å². The molecule has 0 aromatic heterocycles. The molecule has 2 heterocycles. The van der Waals surface area contributed by atoms with Gasteiger partial charge in [0.2, 0.25) is 5.91 Å². The molecule has 2 aliphatic heterocycles. The number of carbonyl (C=O) groups excluding carboxylic acids is 2. The van der Waals surface area contributed by atoms with Crippen LogP contribution >= 0.6 is 0 Å². The van der Waals surface area contributed by atoms with Crippen LogP contribution < -0.4 is 0 Å². The molecule has 2 rings (SSSR count). The van der Waals surface area contributed by atoms with E-state index < -0.39 is 0 Å². The number of rotatable bonds is 6. The molecule has 0 radical (unpaired) electrons. The third kappa shape index (κ3) is 4.64. The van der Waals surface area contributed by atoms with Crippen LogP contribution in [0.3, 0.4) is 0 Å². The summed E-state index contributed by atoms with van der Waals surface area (Å²) in [4.78, 5) is 31.4. The molecule has 138 valence electrons. The topological polar surface area (TPSA) is 43.9 Å². The minimum atomic E-state index is 0.0958. The highest BCUT2D eigenvalue weighted by Crippen LogP contribution is 2.23. The van der Waals surface area contributed by atoms with Gasteiger partial charge in [-0.15, -0.1) is 0 Å². The zero-order valence-electron chi connectivity index (χ0n) is 15.8. The molecule has 1 unspecified atom stereocenters. The lowest BCUT2D eigenvalue weighted by Crippen LogP contribution is -2.49. The molecule has 0 aromatic carbocycles. The van der Waals surface area contributed by atoms with E-state index in [-0.39, 0.29) is 11.9 Å². The second kappa shape index (κ2) is 9.28. The second-order valence-electron chi connectivity index (χ2n) is 7.38. The van der Waals surface area contributed by atoms with Gasteiger partial charge < -0.3 is 14.7 Å². The summed E-state index contributed by atoms with van der Waals surface area (Å²) in [5, 5.41) is 0. The largest absolute Gasteiger partial charge is 0.340 e. The van der Waals surface area contributed by atoms with Gasteiger partial charge in [0.25, 0.3) is 0 Å². The first-order chi connectivity index (χ1) is 11.6. The summed E-state index contributed by atoms with van der Waals surface area (Å²) in [6.07, 6.45) is 7.08. The fraction of sp³-hybridized carbons (Fsp3) is 0.895. The molecular formula is C19H35N3O2. The average Bonchev–Trinajstić information content (AvgIpc) is 3.15. The highest BCUT2D eigenvalue weighted by atomic mass is 16.2. The molecule has 2 aliphatic rings. The minimum absolute atomic E-state index is 0.0958. The van der Waals surface area contributed by atoms with Crippen LogP contribution in [0.15, 0.2) is 0 Å². The standard InChI is InChI=1S/C19H35N3O2/c1-4-6-13-22(16(3)5-2)18(23)17-9-14-21(15-10-17)19(24)20-11-7-8-12-20/h16-17H,4-15H2,1-3H3. The van der Waals surface area contributed by atoms with Crippen molar-refractivity contribution in [2.24, 2.45) is 5.92 Å². The maximum absolute atomic E-state index is 12.9. The van der Waals surface area contributed by atoms with Gasteiger partial charge in [-0.05, 0) is 45.4 Å². The van der Waals surface area contributed by atoms with Crippen molar-refractivity contribution in [3.63, 3.8) is 0 Å². The Morgan fingerprint density at radius 2 is 1.62 bits per heavy atom. The van der Waals surface area contributed by atoms with Gasteiger partial charge in [0, 0.05) is 44.7 Å². The highest BCUT2D eigenvalue weighted by molar-refractivity contribution is 5.80. The Morgan fingerprint density at radius 1 is 1.04 bits per heavy atom. The normalized spacial score (nSPS) is 20.3. The molecule has 2 saturated heterocycles. The number of piperidine rings is 1. The van der Waals surface area contributed by atoms with E-state index in [1.54, 1.807) is 0 Å². The van der Waals surface area contributed by atoms with Gasteiger partial charge in [-0.1, -0.05) is 20.3 Å². The number of hydrogen-bond donors (Lipinski definition) is 0. The minimum Gasteiger partial charge on any atom is -0.340 e. The van der Waals surface area contributed by atoms with E-state index in [2.05, 4.69) is 25.7 Å². The molecule has 3 amide bonds. The third-order valence-corrected chi connectivity index (χ3v) is 5.65. The molecule has 0 saturated carbocycles. The maximum atomic E-state index is 12.9. The Kier molecular flexibility index (Phi) is 7.38. The lowest BCUT2D eigenvalue weighted by molar-refractivity contribution is -0.139. The predicted octanol–water partition coefficient (Wildman–Crippen LogP) is 3.34. The molecule has 2 fully saturated rings. The van der Waals surface area contributed by atoms with E-state index in [1.807, 2.05) is 9.80 Å². The first-order valence-corrected chi connectivity index (χ1v) is 9.92. The number of likely N-dealkylation sites (tertiary alicyclic amines) is 2. The van der Waals surface area contributed by atoms with E-state index in [4.69, 9.17) is 0 Å². The van der Waals surface area contributed by atoms with E-state index in [0.717, 1.165) is 77.7 Å². The maximum Gasteiger partial charge on any atom is 0.319 e. The van der Waals surface area contributed by atoms with Gasteiger partial charge in [0.1, 0.15) is 0 Å². The number of unbranched alkanes of at least 4 members (excludes halogenated alkanes) is 1. The fourth-order valence-corrected chi connectivity index (χ4v) is 3.76. The summed E-state index contributed by atoms with van der Waals surface area (Å²) in [7, 11) is 0. The monoisotopic (exact) mass is 337 g/mol. The second-order valence-corrected chi connectivity index (χ2v) is 7.38. The van der Waals surface area contributed by atoms with E-state index >= 15 is 0 Å². The van der Waals surface area contributed by atoms with Gasteiger partial charge in [-0.25, -0.2) is 4.79 Å². The number of nitrogens with zero attached hydrogens (tertiary/aromatic N) is 3. The van der Waals surface area contributed by atoms with Crippen LogP contribution in [0.2, 0.25) is 0 Å². The molecule has 0 aliphatic carbocycles. The zero-order chi connectivity index (χ0) is 17.5. The number of urea groups is 1. The van der Waals surface area contributed by atoms with E-state index in [1.165, 1.54) is 0 Å². The Bertz CT molecular complexity index is 413. The summed E-state index contributed by atoms with van der Waals surface area (Å²) >= 11 is 0. The first-order valence-electron chi connectivity index (χ1n) is 9.92. The van der Waals surface area contributed by atoms with Crippen molar-refractivity contribution >= 4 is 11.9 Å². The summed E-state index contributed by atoms with van der Waals surface area (Å²) in [5.74, 6) is 0.407. The Morgan fingerprint density at radius 3 is 2.17 bits per heavy atom. The fourth-order valence-electron chi connectivity index (χ4n) is 3.76. The lowest BCUT2D eigenvalue weighted by atomic mass is 9.94. The van der Waals surface area contributed by atoms with Crippen LogP contribution in [-0.2, 0) is 4.79 Å². The molecule has 0 N–H and O–H groups in total. The quantitative estimate of drug-likeness (QED) is 0.746. The van der Waals surface area contributed by atoms with Gasteiger partial charge >= 0.3 is 6.03 Å². The molecular weight excluding hydrogens is 302 g/mol. The van der Waals surface area contributed by atoms with Crippen LogP contribution in [0.5, 0.6) is 0 Å². The molecule has 0 aromatic rings. The molecule has 1 atom stereocenters. The van der Waals surface area contributed by atoms with Gasteiger partial charge in [0.05, 0.1) is 0 Å². The van der Waals surface area contributed by atoms with Gasteiger partial charge in [-0.3, -0.25) is 4.79 Å². The highest BCUT2D eigenvalue weighted by Gasteiger charge is 2.33. The predicted molar refractivity (Wildman–Crippen MR) is 96.9 cm³/mol. The van der Waals surface area contributed by atoms with Crippen LogP contribution in [0.4, 0.5) is 4.79 Å². The van der Waals surface area contributed by atoms with Crippen LogP contribution in [0, 0.1) is 5.92 Å². The van der Waals surface area contributed by atoms with Crippen LogP contribution in [-0.4, -0.2) is 65.4 Å². The number of amides is 3. The molecule has 5 nitrogen and oxygen atoms in total. The van der Waals surface area contributed by atoms with E-state index in [9.17, 15) is 9.59 Å². The summed E-state index contributed by atoms with van der Waals surface area (Å²) < 4.78 is 0. The van der Waals surface area contributed by atoms with Crippen molar-refractivity contribution in [3.8, 4) is 0 Å². The van der Waals surface area contributed by atoms with Crippen LogP contribution in [0.25, 0.3) is 0 Å². The Balaban J connectivity index is 1.87. The van der Waals surface area contributed by atoms with E-state index in [0.29, 0.717) is 11.9 Å². The Labute approximate surface area is 147 Å². The van der Waals surface area contributed by atoms with Crippen molar-refractivity contribution in [1.82, 2.24) is 14.7 Å². The van der Waals surface area contributed by atoms with Crippen molar-refractivity contribution in [3.05, 3.63) is 0 Å². The summed E-state index contributed by atoms with van der Waals surface area (Å²) in [6, 6.07) is 0.497. The summed E-state index contributed by atoms with van der Waals surface area (Å²) in [5.41, 5.74) is 0. The third-order valence-electron chi connectivity index (χ3n) is 5.65. The molecule has 0 spiro atoms. The first kappa shape index (κ1) is 19.1. The number of carbonyl (C=O) groups is 2. The zero-order valence-corrected chi connectivity index (χ0v) is 15.8. The van der Waals surface area contributed by atoms with Gasteiger partial charge in [0.15, 0.2) is 0 Å². The smallest absolute Gasteiger partial charge is 0.319 e. The Hall–Kier alpha value is -1.26. The average molecular weight is 338 g/mol. The lowest BCUT2D eigenvalue weighted by Gasteiger charge is -2.37. The van der Waals surface area contributed by atoms with Crippen molar-refractivity contribution in [2.75, 3.05) is 32.7 Å². The van der Waals surface area contributed by atoms with Crippen LogP contribution in [0.1, 0.15) is 65.7 Å².